The van der Waals surface area contributed by atoms with Gasteiger partial charge < -0.3 is 20.5 Å². The van der Waals surface area contributed by atoms with Gasteiger partial charge in [0.2, 0.25) is 5.43 Å². The van der Waals surface area contributed by atoms with Crippen molar-refractivity contribution in [2.45, 2.75) is 13.2 Å². The fourth-order valence-electron chi connectivity index (χ4n) is 1.79. The molecule has 1 unspecified atom stereocenters. The molecule has 6 nitrogen and oxygen atoms in total. The number of aliphatic hydroxyl groups excluding tert-OH is 1. The maximum absolute atomic E-state index is 14.1. The first-order chi connectivity index (χ1) is 9.32. The van der Waals surface area contributed by atoms with Gasteiger partial charge >= 0.3 is 5.97 Å². The third-order valence-corrected chi connectivity index (χ3v) is 2.65. The molecule has 1 aromatic carbocycles. The summed E-state index contributed by atoms with van der Waals surface area (Å²) < 4.78 is 27.8. The Bertz CT molecular complexity index is 755. The Balaban J connectivity index is 2.80. The van der Waals surface area contributed by atoms with Crippen LogP contribution < -0.4 is 10.7 Å². The number of carboxylic acid groups (broad SMARTS) is 1. The van der Waals surface area contributed by atoms with Gasteiger partial charge in [-0.15, -0.1) is 0 Å². The van der Waals surface area contributed by atoms with Crippen molar-refractivity contribution in [2.24, 2.45) is 0 Å². The number of pyridine rings is 1. The van der Waals surface area contributed by atoms with Gasteiger partial charge in [-0.25, -0.2) is 13.6 Å². The number of aliphatic hydroxyl groups is 1. The molecule has 0 saturated carbocycles. The Kier molecular flexibility index (Phi) is 3.41. The van der Waals surface area contributed by atoms with Crippen molar-refractivity contribution in [1.82, 2.24) is 4.98 Å². The zero-order valence-corrected chi connectivity index (χ0v) is 10.2. The predicted molar refractivity (Wildman–Crippen MR) is 66.7 cm³/mol. The van der Waals surface area contributed by atoms with Gasteiger partial charge in [-0.1, -0.05) is 0 Å². The van der Waals surface area contributed by atoms with E-state index in [1.807, 2.05) is 0 Å². The first-order valence-corrected chi connectivity index (χ1v) is 5.54. The van der Waals surface area contributed by atoms with Crippen LogP contribution in [0.2, 0.25) is 0 Å². The number of rotatable bonds is 3. The quantitative estimate of drug-likeness (QED) is 0.635. The fraction of sp³-hybridized carbons (Fsp3) is 0.167. The van der Waals surface area contributed by atoms with Crippen molar-refractivity contribution < 1.29 is 23.8 Å². The maximum Gasteiger partial charge on any atom is 0.341 e. The van der Waals surface area contributed by atoms with Crippen LogP contribution >= 0.6 is 0 Å². The molecule has 0 aliphatic carbocycles. The number of carboxylic acids is 1. The molecule has 1 aromatic heterocycles. The molecule has 106 valence electrons. The molecule has 1 atom stereocenters. The minimum Gasteiger partial charge on any atom is -0.477 e. The van der Waals surface area contributed by atoms with Crippen LogP contribution in [0.3, 0.4) is 0 Å². The average molecular weight is 284 g/mol. The molecule has 0 amide bonds. The first-order valence-electron chi connectivity index (χ1n) is 5.54. The normalized spacial score (nSPS) is 12.4. The van der Waals surface area contributed by atoms with Crippen molar-refractivity contribution in [1.29, 1.82) is 0 Å². The number of anilines is 1. The molecule has 0 saturated heterocycles. The van der Waals surface area contributed by atoms with Crippen LogP contribution in [0, 0.1) is 11.6 Å². The molecule has 0 bridgehead atoms. The number of aromatic amines is 1. The lowest BCUT2D eigenvalue weighted by molar-refractivity contribution is 0.0695. The summed E-state index contributed by atoms with van der Waals surface area (Å²) in [5, 5.41) is 19.6. The summed E-state index contributed by atoms with van der Waals surface area (Å²) in [6.45, 7) is 1.26. The molecule has 1 heterocycles. The van der Waals surface area contributed by atoms with Crippen molar-refractivity contribution >= 4 is 22.6 Å². The number of hydrogen-bond donors (Lipinski definition) is 4. The van der Waals surface area contributed by atoms with Crippen molar-refractivity contribution in [3.63, 3.8) is 0 Å². The first kappa shape index (κ1) is 13.9. The van der Waals surface area contributed by atoms with Crippen LogP contribution in [0.15, 0.2) is 17.1 Å². The van der Waals surface area contributed by atoms with E-state index in [4.69, 9.17) is 10.2 Å². The summed E-state index contributed by atoms with van der Waals surface area (Å²) in [5.74, 6) is -3.72. The predicted octanol–water partition coefficient (Wildman–Crippen LogP) is 1.25. The Morgan fingerprint density at radius 1 is 1.45 bits per heavy atom. The standard InChI is InChI=1S/C12H10F2N2O4/c1-4(17)16-10-7(13)2-5-9(8(10)14)15-3-6(11(5)18)12(19)20/h2-4,16-17H,1H3,(H,15,18)(H,19,20). The number of hydrogen-bond acceptors (Lipinski definition) is 4. The third kappa shape index (κ3) is 2.21. The number of fused-ring (bicyclic) bond motifs is 1. The van der Waals surface area contributed by atoms with Crippen LogP contribution in [-0.2, 0) is 0 Å². The lowest BCUT2D eigenvalue weighted by atomic mass is 10.1. The highest BCUT2D eigenvalue weighted by atomic mass is 19.1. The van der Waals surface area contributed by atoms with Gasteiger partial charge in [0, 0.05) is 6.20 Å². The van der Waals surface area contributed by atoms with Crippen LogP contribution in [0.1, 0.15) is 17.3 Å². The van der Waals surface area contributed by atoms with E-state index in [1.54, 1.807) is 0 Å². The molecule has 2 rings (SSSR count). The minimum atomic E-state index is -1.50. The number of benzene rings is 1. The molecule has 8 heteroatoms. The summed E-state index contributed by atoms with van der Waals surface area (Å²) in [6, 6.07) is 0.717. The molecule has 0 radical (unpaired) electrons. The molecule has 4 N–H and O–H groups in total. The van der Waals surface area contributed by atoms with Gasteiger partial charge in [-0.05, 0) is 13.0 Å². The molecular weight excluding hydrogens is 274 g/mol. The minimum absolute atomic E-state index is 0.343. The summed E-state index contributed by atoms with van der Waals surface area (Å²) in [5.41, 5.74) is -2.56. The van der Waals surface area contributed by atoms with Gasteiger partial charge in [0.25, 0.3) is 0 Å². The van der Waals surface area contributed by atoms with Crippen LogP contribution in [0.5, 0.6) is 0 Å². The second-order valence-electron chi connectivity index (χ2n) is 4.13. The number of aromatic nitrogens is 1. The maximum atomic E-state index is 14.1. The van der Waals surface area contributed by atoms with E-state index >= 15 is 0 Å². The fourth-order valence-corrected chi connectivity index (χ4v) is 1.79. The highest BCUT2D eigenvalue weighted by Gasteiger charge is 2.19. The largest absolute Gasteiger partial charge is 0.477 e. The molecule has 20 heavy (non-hydrogen) atoms. The Morgan fingerprint density at radius 3 is 2.65 bits per heavy atom. The van der Waals surface area contributed by atoms with Gasteiger partial charge in [-0.3, -0.25) is 4.79 Å². The molecule has 0 fully saturated rings. The highest BCUT2D eigenvalue weighted by molar-refractivity contribution is 5.93. The Morgan fingerprint density at radius 2 is 2.10 bits per heavy atom. The van der Waals surface area contributed by atoms with E-state index in [1.165, 1.54) is 6.92 Å². The van der Waals surface area contributed by atoms with E-state index < -0.39 is 45.9 Å². The van der Waals surface area contributed by atoms with Gasteiger partial charge in [0.1, 0.15) is 23.3 Å². The summed E-state index contributed by atoms with van der Waals surface area (Å²) in [6.07, 6.45) is -0.374. The zero-order valence-electron chi connectivity index (χ0n) is 10.2. The number of nitrogens with one attached hydrogen (secondary N) is 2. The van der Waals surface area contributed by atoms with E-state index in [0.29, 0.717) is 6.07 Å². The molecule has 0 aliphatic heterocycles. The summed E-state index contributed by atoms with van der Waals surface area (Å²) >= 11 is 0. The summed E-state index contributed by atoms with van der Waals surface area (Å²) in [7, 11) is 0. The molecule has 0 spiro atoms. The second kappa shape index (κ2) is 4.89. The third-order valence-electron chi connectivity index (χ3n) is 2.65. The number of H-pyrrole nitrogens is 1. The number of aromatic carboxylic acids is 1. The average Bonchev–Trinajstić information content (AvgIpc) is 2.35. The number of halogens is 2. The molecule has 0 aliphatic rings. The smallest absolute Gasteiger partial charge is 0.341 e. The van der Waals surface area contributed by atoms with Crippen molar-refractivity contribution in [3.05, 3.63) is 39.7 Å². The lowest BCUT2D eigenvalue weighted by Crippen LogP contribution is -2.19. The van der Waals surface area contributed by atoms with Crippen LogP contribution in [0.4, 0.5) is 14.5 Å². The summed E-state index contributed by atoms with van der Waals surface area (Å²) in [4.78, 5) is 24.9. The Labute approximate surface area is 110 Å². The monoisotopic (exact) mass is 284 g/mol. The SMILES string of the molecule is CC(O)Nc1c(F)cc2c(=O)c(C(=O)O)c[nH]c2c1F. The Hall–Kier alpha value is -2.48. The van der Waals surface area contributed by atoms with E-state index in [9.17, 15) is 18.4 Å². The van der Waals surface area contributed by atoms with Crippen LogP contribution in [-0.4, -0.2) is 27.4 Å². The van der Waals surface area contributed by atoms with Gasteiger partial charge in [0.15, 0.2) is 5.82 Å². The van der Waals surface area contributed by atoms with E-state index in [2.05, 4.69) is 10.3 Å². The van der Waals surface area contributed by atoms with Crippen molar-refractivity contribution in [3.8, 4) is 0 Å². The second-order valence-corrected chi connectivity index (χ2v) is 4.13. The molecular formula is C12H10F2N2O4. The number of carbonyl (C=O) groups is 1. The van der Waals surface area contributed by atoms with Crippen molar-refractivity contribution in [2.75, 3.05) is 5.32 Å². The molecule has 2 aromatic rings. The van der Waals surface area contributed by atoms with E-state index in [0.717, 1.165) is 6.20 Å². The van der Waals surface area contributed by atoms with E-state index in [-0.39, 0.29) is 5.52 Å². The topological polar surface area (TPSA) is 102 Å². The lowest BCUT2D eigenvalue weighted by Gasteiger charge is -2.12. The van der Waals surface area contributed by atoms with Crippen LogP contribution in [0.25, 0.3) is 10.9 Å². The van der Waals surface area contributed by atoms with Gasteiger partial charge in [0.05, 0.1) is 10.9 Å². The zero-order chi connectivity index (χ0) is 15.0. The van der Waals surface area contributed by atoms with Gasteiger partial charge in [-0.2, -0.15) is 0 Å². The highest BCUT2D eigenvalue weighted by Crippen LogP contribution is 2.25.